The Morgan fingerprint density at radius 2 is 1.64 bits per heavy atom. The molecule has 3 rings (SSSR count). The fourth-order valence-corrected chi connectivity index (χ4v) is 3.81. The Hall–Kier alpha value is -2.27. The quantitative estimate of drug-likeness (QED) is 0.495. The molecular formula is C17H10BrF5N2O2S. The number of hydrogen-bond donors (Lipinski definition) is 0. The van der Waals surface area contributed by atoms with E-state index in [0.29, 0.717) is 28.9 Å². The van der Waals surface area contributed by atoms with Crippen LogP contribution in [0.1, 0.15) is 5.69 Å². The number of sulfone groups is 1. The highest BCUT2D eigenvalue weighted by molar-refractivity contribution is 9.10. The molecule has 0 saturated carbocycles. The molecule has 0 N–H and O–H groups in total. The molecule has 0 bridgehead atoms. The van der Waals surface area contributed by atoms with Crippen LogP contribution in [0.3, 0.4) is 0 Å². The molecule has 2 aromatic carbocycles. The van der Waals surface area contributed by atoms with Crippen LogP contribution in [-0.2, 0) is 16.0 Å². The van der Waals surface area contributed by atoms with Crippen molar-refractivity contribution < 1.29 is 30.4 Å². The van der Waals surface area contributed by atoms with Gasteiger partial charge in [0.1, 0.15) is 16.5 Å². The molecule has 3 aromatic rings. The zero-order valence-corrected chi connectivity index (χ0v) is 16.3. The van der Waals surface area contributed by atoms with E-state index in [4.69, 9.17) is 0 Å². The summed E-state index contributed by atoms with van der Waals surface area (Å²) in [6.45, 7) is 0. The van der Waals surface area contributed by atoms with E-state index in [1.807, 2.05) is 0 Å². The Morgan fingerprint density at radius 1 is 1.04 bits per heavy atom. The van der Waals surface area contributed by atoms with Crippen molar-refractivity contribution in [2.75, 3.05) is 6.26 Å². The molecule has 0 unspecified atom stereocenters. The summed E-state index contributed by atoms with van der Waals surface area (Å²) < 4.78 is 92.5. The van der Waals surface area contributed by atoms with Crippen LogP contribution in [0.15, 0.2) is 51.8 Å². The van der Waals surface area contributed by atoms with Gasteiger partial charge in [-0.1, -0.05) is 22.0 Å². The van der Waals surface area contributed by atoms with E-state index < -0.39 is 38.2 Å². The Morgan fingerprint density at radius 3 is 2.14 bits per heavy atom. The zero-order valence-electron chi connectivity index (χ0n) is 13.9. The smallest absolute Gasteiger partial charge is 0.232 e. The first-order valence-electron chi connectivity index (χ1n) is 7.50. The standard InChI is InChI=1S/C17H10BrF5N2O2S/c1-28(26,27)16-12(19)5-9(6-13(16)20)14-8-15(17(21,22)23)24-25(14)11-4-2-3-10(18)7-11/h2-8H,1H3. The maximum absolute atomic E-state index is 14.3. The lowest BCUT2D eigenvalue weighted by atomic mass is 10.1. The molecule has 0 saturated heterocycles. The summed E-state index contributed by atoms with van der Waals surface area (Å²) in [4.78, 5) is -1.15. The van der Waals surface area contributed by atoms with Crippen molar-refractivity contribution in [3.05, 3.63) is 64.3 Å². The summed E-state index contributed by atoms with van der Waals surface area (Å²) in [6.07, 6.45) is -4.17. The van der Waals surface area contributed by atoms with Gasteiger partial charge in [-0.2, -0.15) is 18.3 Å². The van der Waals surface area contributed by atoms with Gasteiger partial charge < -0.3 is 0 Å². The molecule has 1 aromatic heterocycles. The van der Waals surface area contributed by atoms with Gasteiger partial charge in [-0.3, -0.25) is 0 Å². The van der Waals surface area contributed by atoms with E-state index >= 15 is 0 Å². The van der Waals surface area contributed by atoms with Crippen molar-refractivity contribution in [3.63, 3.8) is 0 Å². The molecule has 0 radical (unpaired) electrons. The van der Waals surface area contributed by atoms with E-state index in [0.717, 1.165) is 4.68 Å². The lowest BCUT2D eigenvalue weighted by Crippen LogP contribution is -2.07. The second-order valence-electron chi connectivity index (χ2n) is 5.85. The maximum Gasteiger partial charge on any atom is 0.435 e. The predicted molar refractivity (Wildman–Crippen MR) is 94.7 cm³/mol. The summed E-state index contributed by atoms with van der Waals surface area (Å²) in [5, 5.41) is 3.51. The van der Waals surface area contributed by atoms with Gasteiger partial charge in [-0.15, -0.1) is 0 Å². The largest absolute Gasteiger partial charge is 0.435 e. The molecule has 1 heterocycles. The highest BCUT2D eigenvalue weighted by Crippen LogP contribution is 2.35. The van der Waals surface area contributed by atoms with Crippen molar-refractivity contribution >= 4 is 25.8 Å². The van der Waals surface area contributed by atoms with Crippen molar-refractivity contribution in [1.82, 2.24) is 9.78 Å². The SMILES string of the molecule is CS(=O)(=O)c1c(F)cc(-c2cc(C(F)(F)F)nn2-c2cccc(Br)c2)cc1F. The average Bonchev–Trinajstić information content (AvgIpc) is 2.98. The molecule has 0 aliphatic heterocycles. The Kier molecular flexibility index (Phi) is 5.09. The summed E-state index contributed by atoms with van der Waals surface area (Å²) >= 11 is 3.19. The van der Waals surface area contributed by atoms with Gasteiger partial charge in [0.05, 0.1) is 11.4 Å². The first-order valence-corrected chi connectivity index (χ1v) is 10.2. The minimum absolute atomic E-state index is 0.202. The third kappa shape index (κ3) is 3.95. The van der Waals surface area contributed by atoms with Crippen molar-refractivity contribution in [1.29, 1.82) is 0 Å². The van der Waals surface area contributed by atoms with Gasteiger partial charge >= 0.3 is 6.18 Å². The monoisotopic (exact) mass is 480 g/mol. The summed E-state index contributed by atoms with van der Waals surface area (Å²) in [5.74, 6) is -2.82. The maximum atomic E-state index is 14.3. The van der Waals surface area contributed by atoms with Gasteiger partial charge in [0, 0.05) is 16.3 Å². The number of nitrogens with zero attached hydrogens (tertiary/aromatic N) is 2. The van der Waals surface area contributed by atoms with E-state index in [1.165, 1.54) is 12.1 Å². The highest BCUT2D eigenvalue weighted by Gasteiger charge is 2.35. The number of aromatic nitrogens is 2. The molecule has 0 atom stereocenters. The van der Waals surface area contributed by atoms with Gasteiger partial charge in [-0.05, 0) is 36.4 Å². The van der Waals surface area contributed by atoms with Crippen LogP contribution in [0.25, 0.3) is 16.9 Å². The Balaban J connectivity index is 2.29. The highest BCUT2D eigenvalue weighted by atomic mass is 79.9. The molecule has 0 spiro atoms. The van der Waals surface area contributed by atoms with Gasteiger partial charge in [0.25, 0.3) is 0 Å². The van der Waals surface area contributed by atoms with E-state index in [-0.39, 0.29) is 16.9 Å². The van der Waals surface area contributed by atoms with Crippen LogP contribution in [-0.4, -0.2) is 24.5 Å². The van der Waals surface area contributed by atoms with Crippen molar-refractivity contribution in [3.8, 4) is 16.9 Å². The molecule has 0 aliphatic carbocycles. The molecule has 28 heavy (non-hydrogen) atoms. The lowest BCUT2D eigenvalue weighted by molar-refractivity contribution is -0.141. The lowest BCUT2D eigenvalue weighted by Gasteiger charge is -2.10. The van der Waals surface area contributed by atoms with Crippen LogP contribution in [0.5, 0.6) is 0 Å². The van der Waals surface area contributed by atoms with Gasteiger partial charge in [-0.25, -0.2) is 21.9 Å². The first kappa shape index (κ1) is 20.5. The second-order valence-corrected chi connectivity index (χ2v) is 8.71. The molecule has 0 amide bonds. The number of alkyl halides is 3. The molecule has 0 aliphatic rings. The van der Waals surface area contributed by atoms with Gasteiger partial charge in [0.15, 0.2) is 15.5 Å². The fraction of sp³-hybridized carbons (Fsp3) is 0.118. The predicted octanol–water partition coefficient (Wildman–Crippen LogP) is 5.00. The second kappa shape index (κ2) is 6.96. The van der Waals surface area contributed by atoms with E-state index in [1.54, 1.807) is 12.1 Å². The average molecular weight is 481 g/mol. The third-order valence-corrected chi connectivity index (χ3v) is 5.34. The van der Waals surface area contributed by atoms with Gasteiger partial charge in [0.2, 0.25) is 0 Å². The van der Waals surface area contributed by atoms with Crippen molar-refractivity contribution in [2.45, 2.75) is 11.1 Å². The van der Waals surface area contributed by atoms with Crippen LogP contribution < -0.4 is 0 Å². The molecule has 4 nitrogen and oxygen atoms in total. The number of halogens is 6. The third-order valence-electron chi connectivity index (χ3n) is 3.72. The summed E-state index contributed by atoms with van der Waals surface area (Å²) in [6, 6.07) is 8.06. The van der Waals surface area contributed by atoms with Crippen LogP contribution in [0.4, 0.5) is 22.0 Å². The molecule has 148 valence electrons. The number of rotatable bonds is 3. The summed E-state index contributed by atoms with van der Waals surface area (Å²) in [5.41, 5.74) is -1.63. The molecule has 11 heteroatoms. The van der Waals surface area contributed by atoms with Crippen molar-refractivity contribution in [2.24, 2.45) is 0 Å². The number of benzene rings is 2. The minimum atomic E-state index is -4.80. The number of hydrogen-bond acceptors (Lipinski definition) is 3. The van der Waals surface area contributed by atoms with Crippen LogP contribution >= 0.6 is 15.9 Å². The topological polar surface area (TPSA) is 52.0 Å². The van der Waals surface area contributed by atoms with Crippen LogP contribution in [0, 0.1) is 11.6 Å². The normalized spacial score (nSPS) is 12.4. The molecule has 0 fully saturated rings. The zero-order chi connectivity index (χ0) is 20.9. The Bertz CT molecular complexity index is 1150. The van der Waals surface area contributed by atoms with Crippen LogP contribution in [0.2, 0.25) is 0 Å². The minimum Gasteiger partial charge on any atom is -0.232 e. The van der Waals surface area contributed by atoms with E-state index in [9.17, 15) is 30.4 Å². The summed E-state index contributed by atoms with van der Waals surface area (Å²) in [7, 11) is -4.21. The first-order chi connectivity index (χ1) is 12.9. The Labute approximate surface area is 164 Å². The molecular weight excluding hydrogens is 471 g/mol. The van der Waals surface area contributed by atoms with E-state index in [2.05, 4.69) is 21.0 Å². The fourth-order valence-electron chi connectivity index (χ4n) is 2.59.